The van der Waals surface area contributed by atoms with E-state index in [1.807, 2.05) is 6.20 Å². The van der Waals surface area contributed by atoms with E-state index >= 15 is 0 Å². The SMILES string of the molecule is c1cn2cc(C3CCCCCCC3)cc(NCCC3CCCCCCCCCC3)c2n1. The fourth-order valence-corrected chi connectivity index (χ4v) is 5.97. The van der Waals surface area contributed by atoms with Gasteiger partial charge in [-0.1, -0.05) is 96.3 Å². The van der Waals surface area contributed by atoms with Gasteiger partial charge >= 0.3 is 0 Å². The highest BCUT2D eigenvalue weighted by atomic mass is 15.0. The van der Waals surface area contributed by atoms with Crippen molar-refractivity contribution in [1.29, 1.82) is 0 Å². The van der Waals surface area contributed by atoms with E-state index in [1.165, 1.54) is 127 Å². The molecule has 0 radical (unpaired) electrons. The molecule has 0 aromatic carbocycles. The Morgan fingerprint density at radius 2 is 1.35 bits per heavy atom. The third-order valence-electron chi connectivity index (χ3n) is 7.93. The van der Waals surface area contributed by atoms with Gasteiger partial charge in [-0.3, -0.25) is 0 Å². The Morgan fingerprint density at radius 3 is 2.00 bits per heavy atom. The quantitative estimate of drug-likeness (QED) is 0.522. The van der Waals surface area contributed by atoms with Crippen molar-refractivity contribution in [2.45, 2.75) is 121 Å². The highest BCUT2D eigenvalue weighted by Gasteiger charge is 2.17. The van der Waals surface area contributed by atoms with Crippen LogP contribution in [0.1, 0.15) is 127 Å². The van der Waals surface area contributed by atoms with Crippen LogP contribution in [0.3, 0.4) is 0 Å². The Bertz CT molecular complexity index is 745. The average Bonchev–Trinajstić information content (AvgIpc) is 3.20. The van der Waals surface area contributed by atoms with Gasteiger partial charge in [0.1, 0.15) is 0 Å². The number of anilines is 1. The van der Waals surface area contributed by atoms with Crippen molar-refractivity contribution >= 4 is 11.3 Å². The van der Waals surface area contributed by atoms with Crippen molar-refractivity contribution in [2.24, 2.45) is 5.92 Å². The molecule has 4 rings (SSSR count). The second-order valence-electron chi connectivity index (χ2n) is 10.4. The predicted octanol–water partition coefficient (Wildman–Crippen LogP) is 8.50. The van der Waals surface area contributed by atoms with Crippen LogP contribution in [0.25, 0.3) is 5.65 Å². The Labute approximate surface area is 190 Å². The molecule has 2 aliphatic carbocycles. The van der Waals surface area contributed by atoms with E-state index in [0.717, 1.165) is 24.0 Å². The first-order valence-electron chi connectivity index (χ1n) is 13.6. The highest BCUT2D eigenvalue weighted by molar-refractivity contribution is 5.68. The molecule has 0 unspecified atom stereocenters. The standard InChI is InChI=1S/C28H45N3/c1-2-4-7-11-15-24(14-10-6-3-1)18-19-29-27-22-26(23-31-21-20-30-28(27)31)25-16-12-8-5-9-13-17-25/h20-25,29H,1-19H2. The van der Waals surface area contributed by atoms with E-state index in [1.54, 1.807) is 0 Å². The second kappa shape index (κ2) is 12.5. The Hall–Kier alpha value is -1.51. The van der Waals surface area contributed by atoms with E-state index in [9.17, 15) is 0 Å². The molecule has 0 saturated heterocycles. The molecule has 2 aromatic rings. The minimum absolute atomic E-state index is 0.717. The number of hydrogen-bond acceptors (Lipinski definition) is 2. The predicted molar refractivity (Wildman–Crippen MR) is 133 cm³/mol. The Morgan fingerprint density at radius 1 is 0.774 bits per heavy atom. The van der Waals surface area contributed by atoms with Crippen LogP contribution in [0.15, 0.2) is 24.7 Å². The summed E-state index contributed by atoms with van der Waals surface area (Å²) in [5.41, 5.74) is 3.86. The van der Waals surface area contributed by atoms with Gasteiger partial charge in [-0.05, 0) is 42.7 Å². The fourth-order valence-electron chi connectivity index (χ4n) is 5.97. The first-order chi connectivity index (χ1) is 15.4. The van der Waals surface area contributed by atoms with Crippen molar-refractivity contribution in [3.05, 3.63) is 30.2 Å². The summed E-state index contributed by atoms with van der Waals surface area (Å²) >= 11 is 0. The van der Waals surface area contributed by atoms with Gasteiger partial charge in [-0.25, -0.2) is 4.98 Å². The van der Waals surface area contributed by atoms with E-state index in [4.69, 9.17) is 0 Å². The van der Waals surface area contributed by atoms with Crippen molar-refractivity contribution in [3.8, 4) is 0 Å². The molecule has 0 bridgehead atoms. The maximum atomic E-state index is 4.66. The van der Waals surface area contributed by atoms with Crippen molar-refractivity contribution in [1.82, 2.24) is 9.38 Å². The van der Waals surface area contributed by atoms with Crippen LogP contribution < -0.4 is 5.32 Å². The number of imidazole rings is 1. The molecule has 2 aliphatic rings. The molecular weight excluding hydrogens is 378 g/mol. The molecule has 31 heavy (non-hydrogen) atoms. The molecule has 2 fully saturated rings. The number of aromatic nitrogens is 2. The van der Waals surface area contributed by atoms with E-state index in [2.05, 4.69) is 33.2 Å². The molecular formula is C28H45N3. The third-order valence-corrected chi connectivity index (χ3v) is 7.93. The number of rotatable bonds is 5. The Balaban J connectivity index is 1.38. The summed E-state index contributed by atoms with van der Waals surface area (Å²) in [4.78, 5) is 4.66. The third kappa shape index (κ3) is 6.99. The first-order valence-corrected chi connectivity index (χ1v) is 13.6. The zero-order valence-electron chi connectivity index (χ0n) is 19.8. The van der Waals surface area contributed by atoms with Gasteiger partial charge in [-0.15, -0.1) is 0 Å². The summed E-state index contributed by atoms with van der Waals surface area (Å²) < 4.78 is 2.25. The number of nitrogens with zero attached hydrogens (tertiary/aromatic N) is 2. The Kier molecular flexibility index (Phi) is 9.15. The molecule has 2 saturated carbocycles. The molecule has 3 heteroatoms. The topological polar surface area (TPSA) is 29.3 Å². The highest BCUT2D eigenvalue weighted by Crippen LogP contribution is 2.33. The first kappa shape index (κ1) is 22.7. The molecule has 3 nitrogen and oxygen atoms in total. The summed E-state index contributed by atoms with van der Waals surface area (Å²) in [5, 5.41) is 3.82. The van der Waals surface area contributed by atoms with Gasteiger partial charge in [0.05, 0.1) is 5.69 Å². The van der Waals surface area contributed by atoms with Crippen LogP contribution in [-0.4, -0.2) is 15.9 Å². The van der Waals surface area contributed by atoms with Gasteiger partial charge in [-0.2, -0.15) is 0 Å². The van der Waals surface area contributed by atoms with Crippen LogP contribution in [0.2, 0.25) is 0 Å². The fraction of sp³-hybridized carbons (Fsp3) is 0.750. The van der Waals surface area contributed by atoms with E-state index in [0.29, 0.717) is 0 Å². The van der Waals surface area contributed by atoms with Gasteiger partial charge in [0, 0.05) is 25.1 Å². The molecule has 0 spiro atoms. The molecule has 2 aromatic heterocycles. The lowest BCUT2D eigenvalue weighted by atomic mass is 9.86. The second-order valence-corrected chi connectivity index (χ2v) is 10.4. The summed E-state index contributed by atoms with van der Waals surface area (Å²) in [7, 11) is 0. The van der Waals surface area contributed by atoms with Gasteiger partial charge < -0.3 is 9.72 Å². The van der Waals surface area contributed by atoms with Crippen LogP contribution >= 0.6 is 0 Å². The van der Waals surface area contributed by atoms with Crippen LogP contribution in [0.5, 0.6) is 0 Å². The summed E-state index contributed by atoms with van der Waals surface area (Å²) in [5.74, 6) is 1.62. The van der Waals surface area contributed by atoms with Crippen molar-refractivity contribution in [2.75, 3.05) is 11.9 Å². The van der Waals surface area contributed by atoms with Crippen LogP contribution in [0, 0.1) is 5.92 Å². The average molecular weight is 424 g/mol. The molecule has 172 valence electrons. The maximum Gasteiger partial charge on any atom is 0.160 e. The molecule has 0 amide bonds. The number of hydrogen-bond donors (Lipinski definition) is 1. The minimum atomic E-state index is 0.717. The normalized spacial score (nSPS) is 21.3. The molecule has 0 aliphatic heterocycles. The summed E-state index contributed by atoms with van der Waals surface area (Å²) in [6.45, 7) is 1.08. The zero-order chi connectivity index (χ0) is 21.1. The minimum Gasteiger partial charge on any atom is -0.382 e. The lowest BCUT2D eigenvalue weighted by molar-refractivity contribution is 0.397. The number of nitrogens with one attached hydrogen (secondary N) is 1. The van der Waals surface area contributed by atoms with Crippen LogP contribution in [0.4, 0.5) is 5.69 Å². The smallest absolute Gasteiger partial charge is 0.160 e. The lowest BCUT2D eigenvalue weighted by Gasteiger charge is -2.22. The van der Waals surface area contributed by atoms with E-state index < -0.39 is 0 Å². The van der Waals surface area contributed by atoms with Crippen molar-refractivity contribution < 1.29 is 0 Å². The lowest BCUT2D eigenvalue weighted by Crippen LogP contribution is -2.11. The molecule has 0 atom stereocenters. The van der Waals surface area contributed by atoms with Gasteiger partial charge in [0.2, 0.25) is 0 Å². The monoisotopic (exact) mass is 423 g/mol. The van der Waals surface area contributed by atoms with Gasteiger partial charge in [0.25, 0.3) is 0 Å². The number of fused-ring (bicyclic) bond motifs is 1. The van der Waals surface area contributed by atoms with Crippen molar-refractivity contribution in [3.63, 3.8) is 0 Å². The van der Waals surface area contributed by atoms with Crippen LogP contribution in [-0.2, 0) is 0 Å². The maximum absolute atomic E-state index is 4.66. The zero-order valence-corrected chi connectivity index (χ0v) is 19.8. The number of pyridine rings is 1. The largest absolute Gasteiger partial charge is 0.382 e. The van der Waals surface area contributed by atoms with Gasteiger partial charge in [0.15, 0.2) is 5.65 Å². The summed E-state index contributed by atoms with van der Waals surface area (Å²) in [6, 6.07) is 2.44. The van der Waals surface area contributed by atoms with E-state index in [-0.39, 0.29) is 0 Å². The molecule has 2 heterocycles. The summed E-state index contributed by atoms with van der Waals surface area (Å²) in [6.07, 6.45) is 31.9. The molecule has 1 N–H and O–H groups in total.